The van der Waals surface area contributed by atoms with Gasteiger partial charge in [0.1, 0.15) is 23.9 Å². The van der Waals surface area contributed by atoms with E-state index >= 15 is 0 Å². The van der Waals surface area contributed by atoms with Gasteiger partial charge >= 0.3 is 0 Å². The molecule has 0 radical (unpaired) electrons. The first-order valence-corrected chi connectivity index (χ1v) is 7.63. The fourth-order valence-corrected chi connectivity index (χ4v) is 3.82. The molecular weight excluding hydrogens is 282 g/mol. The van der Waals surface area contributed by atoms with Gasteiger partial charge in [-0.2, -0.15) is 0 Å². The summed E-state index contributed by atoms with van der Waals surface area (Å²) in [4.78, 5) is 8.44. The minimum absolute atomic E-state index is 0.0182. The minimum Gasteiger partial charge on any atom is -0.383 e. The van der Waals surface area contributed by atoms with E-state index in [1.807, 2.05) is 26.1 Å². The molecule has 2 aromatic rings. The van der Waals surface area contributed by atoms with Gasteiger partial charge in [-0.15, -0.1) is 0 Å². The van der Waals surface area contributed by atoms with E-state index in [2.05, 4.69) is 14.5 Å². The summed E-state index contributed by atoms with van der Waals surface area (Å²) >= 11 is 0. The third-order valence-electron chi connectivity index (χ3n) is 4.75. The summed E-state index contributed by atoms with van der Waals surface area (Å²) in [5.41, 5.74) is 12.7. The zero-order valence-electron chi connectivity index (χ0n) is 12.8. The zero-order valence-corrected chi connectivity index (χ0v) is 12.8. The highest BCUT2D eigenvalue weighted by Crippen LogP contribution is 2.47. The Labute approximate surface area is 128 Å². The van der Waals surface area contributed by atoms with Crippen LogP contribution in [0.5, 0.6) is 0 Å². The topological polar surface area (TPSA) is 101 Å². The Morgan fingerprint density at radius 2 is 2.09 bits per heavy atom. The second-order valence-electron chi connectivity index (χ2n) is 6.58. The van der Waals surface area contributed by atoms with E-state index in [0.717, 1.165) is 17.5 Å². The van der Waals surface area contributed by atoms with Crippen LogP contribution in [0.4, 0.5) is 5.82 Å². The van der Waals surface area contributed by atoms with Gasteiger partial charge in [-0.3, -0.25) is 0 Å². The van der Waals surface area contributed by atoms with Gasteiger partial charge in [-0.25, -0.2) is 9.97 Å². The number of nitrogens with zero attached hydrogens (tertiary/aromatic N) is 3. The molecule has 3 heterocycles. The molecule has 2 aromatic heterocycles. The van der Waals surface area contributed by atoms with Crippen molar-refractivity contribution in [3.05, 3.63) is 18.6 Å². The molecule has 4 rings (SSSR count). The maximum Gasteiger partial charge on any atom is 0.163 e. The van der Waals surface area contributed by atoms with Crippen molar-refractivity contribution in [2.45, 2.75) is 44.3 Å². The van der Waals surface area contributed by atoms with Crippen LogP contribution in [-0.2, 0) is 9.47 Å². The molecule has 4 N–H and O–H groups in total. The Hall–Kier alpha value is -1.70. The molecule has 118 valence electrons. The Morgan fingerprint density at radius 3 is 2.86 bits per heavy atom. The van der Waals surface area contributed by atoms with Crippen molar-refractivity contribution in [3.8, 4) is 0 Å². The number of nitrogen functional groups attached to an aromatic ring is 1. The second kappa shape index (κ2) is 4.65. The van der Waals surface area contributed by atoms with Crippen LogP contribution < -0.4 is 11.5 Å². The minimum atomic E-state index is -0.571. The molecule has 4 atom stereocenters. The smallest absolute Gasteiger partial charge is 0.163 e. The molecule has 2 fully saturated rings. The second-order valence-corrected chi connectivity index (χ2v) is 6.58. The van der Waals surface area contributed by atoms with Gasteiger partial charge in [0, 0.05) is 12.1 Å². The Balaban J connectivity index is 1.77. The van der Waals surface area contributed by atoms with Crippen LogP contribution in [-0.4, -0.2) is 39.1 Å². The van der Waals surface area contributed by atoms with Gasteiger partial charge in [0.15, 0.2) is 5.79 Å². The molecule has 22 heavy (non-hydrogen) atoms. The van der Waals surface area contributed by atoms with Gasteiger partial charge < -0.3 is 25.5 Å². The van der Waals surface area contributed by atoms with Crippen LogP contribution >= 0.6 is 0 Å². The fourth-order valence-electron chi connectivity index (χ4n) is 3.82. The average molecular weight is 303 g/mol. The van der Waals surface area contributed by atoms with E-state index < -0.39 is 5.79 Å². The number of ether oxygens (including phenoxy) is 2. The van der Waals surface area contributed by atoms with E-state index in [-0.39, 0.29) is 24.2 Å². The van der Waals surface area contributed by atoms with Gasteiger partial charge in [-0.1, -0.05) is 0 Å². The first kappa shape index (κ1) is 13.9. The van der Waals surface area contributed by atoms with Crippen LogP contribution in [0, 0.1) is 5.92 Å². The van der Waals surface area contributed by atoms with Gasteiger partial charge in [0.05, 0.1) is 17.5 Å². The summed E-state index contributed by atoms with van der Waals surface area (Å²) in [5, 5.41) is 0.869. The van der Waals surface area contributed by atoms with Gasteiger partial charge in [0.25, 0.3) is 0 Å². The van der Waals surface area contributed by atoms with Gasteiger partial charge in [0.2, 0.25) is 0 Å². The largest absolute Gasteiger partial charge is 0.383 e. The van der Waals surface area contributed by atoms with Crippen LogP contribution in [0.15, 0.2) is 18.6 Å². The average Bonchev–Trinajstić information content (AvgIpc) is 3.10. The molecule has 2 unspecified atom stereocenters. The van der Waals surface area contributed by atoms with Crippen molar-refractivity contribution in [2.24, 2.45) is 11.7 Å². The number of nitrogens with two attached hydrogens (primary N) is 2. The van der Waals surface area contributed by atoms with Crippen LogP contribution in [0.1, 0.15) is 26.3 Å². The van der Waals surface area contributed by atoms with Crippen molar-refractivity contribution in [2.75, 3.05) is 12.3 Å². The Bertz CT molecular complexity index is 713. The molecule has 2 aliphatic rings. The predicted octanol–water partition coefficient (Wildman–Crippen LogP) is 1.05. The third kappa shape index (κ3) is 1.93. The van der Waals surface area contributed by atoms with Crippen molar-refractivity contribution in [3.63, 3.8) is 0 Å². The summed E-state index contributed by atoms with van der Waals surface area (Å²) in [6, 6.07) is 2.10. The van der Waals surface area contributed by atoms with Crippen molar-refractivity contribution in [1.29, 1.82) is 0 Å². The summed E-state index contributed by atoms with van der Waals surface area (Å²) in [5.74, 6) is 0.212. The SMILES string of the molecule is CC1(C)O[C@@H]2C(CN)CC(n3ccc4c(N)ncnc43)[C@@H]2O1. The van der Waals surface area contributed by atoms with E-state index in [9.17, 15) is 0 Å². The molecule has 7 heteroatoms. The fraction of sp³-hybridized carbons (Fsp3) is 0.600. The lowest BCUT2D eigenvalue weighted by molar-refractivity contribution is -0.159. The predicted molar refractivity (Wildman–Crippen MR) is 82.0 cm³/mol. The quantitative estimate of drug-likeness (QED) is 0.860. The standard InChI is InChI=1S/C15H21N5O2/c1-15(2)21-11-8(6-16)5-10(12(11)22-15)20-4-3-9-13(17)18-7-19-14(9)20/h3-4,7-8,10-12H,5-6,16H2,1-2H3,(H2,17,18,19)/t8?,10?,11-,12+/m1/s1. The van der Waals surface area contributed by atoms with E-state index in [0.29, 0.717) is 12.4 Å². The van der Waals surface area contributed by atoms with Crippen LogP contribution in [0.3, 0.4) is 0 Å². The highest BCUT2D eigenvalue weighted by molar-refractivity contribution is 5.86. The highest BCUT2D eigenvalue weighted by atomic mass is 16.8. The summed E-state index contributed by atoms with van der Waals surface area (Å²) in [6.45, 7) is 4.49. The Kier molecular flexibility index (Phi) is 2.94. The third-order valence-corrected chi connectivity index (χ3v) is 4.75. The molecule has 0 spiro atoms. The normalized spacial score (nSPS) is 33.4. The number of hydrogen-bond acceptors (Lipinski definition) is 6. The highest BCUT2D eigenvalue weighted by Gasteiger charge is 2.54. The molecule has 1 aliphatic heterocycles. The molecule has 0 bridgehead atoms. The summed E-state index contributed by atoms with van der Waals surface area (Å²) in [6.07, 6.45) is 4.43. The maximum atomic E-state index is 6.15. The van der Waals surface area contributed by atoms with Crippen LogP contribution in [0.2, 0.25) is 0 Å². The van der Waals surface area contributed by atoms with Crippen molar-refractivity contribution < 1.29 is 9.47 Å². The van der Waals surface area contributed by atoms with Gasteiger partial charge in [-0.05, 0) is 32.9 Å². The Morgan fingerprint density at radius 1 is 1.32 bits per heavy atom. The zero-order chi connectivity index (χ0) is 15.5. The maximum absolute atomic E-state index is 6.15. The number of anilines is 1. The number of rotatable bonds is 2. The monoisotopic (exact) mass is 303 g/mol. The molecule has 1 saturated heterocycles. The van der Waals surface area contributed by atoms with E-state index in [1.54, 1.807) is 0 Å². The molecule has 0 aromatic carbocycles. The van der Waals surface area contributed by atoms with E-state index in [4.69, 9.17) is 20.9 Å². The molecule has 1 saturated carbocycles. The first-order valence-electron chi connectivity index (χ1n) is 7.63. The lowest BCUT2D eigenvalue weighted by atomic mass is 10.1. The molecule has 7 nitrogen and oxygen atoms in total. The summed E-state index contributed by atoms with van der Waals surface area (Å²) in [7, 11) is 0. The number of hydrogen-bond donors (Lipinski definition) is 2. The van der Waals surface area contributed by atoms with E-state index in [1.165, 1.54) is 6.33 Å². The van der Waals surface area contributed by atoms with Crippen LogP contribution in [0.25, 0.3) is 11.0 Å². The first-order chi connectivity index (χ1) is 10.5. The van der Waals surface area contributed by atoms with Crippen molar-refractivity contribution >= 4 is 16.9 Å². The number of aromatic nitrogens is 3. The number of fused-ring (bicyclic) bond motifs is 2. The lowest BCUT2D eigenvalue weighted by Crippen LogP contribution is -2.29. The molecule has 0 amide bonds. The summed E-state index contributed by atoms with van der Waals surface area (Å²) < 4.78 is 14.3. The van der Waals surface area contributed by atoms with Crippen molar-refractivity contribution in [1.82, 2.24) is 14.5 Å². The molecule has 1 aliphatic carbocycles. The lowest BCUT2D eigenvalue weighted by Gasteiger charge is -2.24. The molecular formula is C15H21N5O2.